The van der Waals surface area contributed by atoms with Gasteiger partial charge >= 0.3 is 0 Å². The molecular weight excluding hydrogens is 490 g/mol. The molecule has 0 aliphatic carbocycles. The number of para-hydroxylation sites is 1. The van der Waals surface area contributed by atoms with Crippen LogP contribution >= 0.6 is 0 Å². The predicted molar refractivity (Wildman–Crippen MR) is 145 cm³/mol. The van der Waals surface area contributed by atoms with Gasteiger partial charge in [0.25, 0.3) is 0 Å². The van der Waals surface area contributed by atoms with Gasteiger partial charge in [-0.25, -0.2) is 16.8 Å². The molecule has 0 fully saturated rings. The van der Waals surface area contributed by atoms with E-state index in [9.17, 15) is 16.8 Å². The number of hydrogen-bond donors (Lipinski definition) is 0. The molecule has 0 spiro atoms. The summed E-state index contributed by atoms with van der Waals surface area (Å²) in [5, 5.41) is 0. The van der Waals surface area contributed by atoms with Crippen LogP contribution in [0.1, 0.15) is 5.56 Å². The number of rotatable bonds is 8. The number of benzene rings is 4. The lowest BCUT2D eigenvalue weighted by Crippen LogP contribution is -2.25. The van der Waals surface area contributed by atoms with Gasteiger partial charge in [0.05, 0.1) is 15.5 Å². The Balaban J connectivity index is 2.08. The van der Waals surface area contributed by atoms with Crippen molar-refractivity contribution in [3.63, 3.8) is 0 Å². The normalized spacial score (nSPS) is 11.8. The predicted octanol–water partition coefficient (Wildman–Crippen LogP) is 5.95. The maximum atomic E-state index is 14.0. The Labute approximate surface area is 212 Å². The maximum absolute atomic E-state index is 14.0. The van der Waals surface area contributed by atoms with Crippen LogP contribution in [0.5, 0.6) is 0 Å². The largest absolute Gasteiger partial charge is 0.343 e. The first-order valence-corrected chi connectivity index (χ1v) is 14.1. The topological polar surface area (TPSA) is 71.5 Å². The Morgan fingerprint density at radius 3 is 1.42 bits per heavy atom. The van der Waals surface area contributed by atoms with E-state index in [1.165, 1.54) is 24.3 Å². The third kappa shape index (κ3) is 5.32. The SMILES string of the molecule is CN(C(/C=C/c1ccccc1)=C(S(=O)(=O)c1ccccc1)S(=O)(=O)c1ccccc1)c1ccccc1. The summed E-state index contributed by atoms with van der Waals surface area (Å²) in [4.78, 5) is 1.37. The highest BCUT2D eigenvalue weighted by Gasteiger charge is 2.37. The van der Waals surface area contributed by atoms with Gasteiger partial charge in [-0.15, -0.1) is 0 Å². The van der Waals surface area contributed by atoms with Crippen molar-refractivity contribution in [2.45, 2.75) is 9.79 Å². The lowest BCUT2D eigenvalue weighted by molar-refractivity contribution is 0.594. The van der Waals surface area contributed by atoms with Crippen molar-refractivity contribution >= 4 is 31.4 Å². The fraction of sp³-hybridized carbons (Fsp3) is 0.0345. The van der Waals surface area contributed by atoms with Crippen molar-refractivity contribution in [2.75, 3.05) is 11.9 Å². The molecule has 5 nitrogen and oxygen atoms in total. The minimum Gasteiger partial charge on any atom is -0.343 e. The summed E-state index contributed by atoms with van der Waals surface area (Å²) in [5.74, 6) is 0. The lowest BCUT2D eigenvalue weighted by Gasteiger charge is -2.24. The molecule has 0 amide bonds. The van der Waals surface area contributed by atoms with Crippen LogP contribution in [-0.2, 0) is 19.7 Å². The highest BCUT2D eigenvalue weighted by Crippen LogP contribution is 2.34. The molecular formula is C29H25NO4S2. The van der Waals surface area contributed by atoms with E-state index in [1.807, 2.05) is 36.4 Å². The Bertz CT molecular complexity index is 1510. The minimum absolute atomic E-state index is 0.0257. The van der Waals surface area contributed by atoms with Crippen LogP contribution in [0.15, 0.2) is 147 Å². The van der Waals surface area contributed by atoms with Crippen LogP contribution in [0.3, 0.4) is 0 Å². The number of allylic oxidation sites excluding steroid dienone is 1. The second kappa shape index (κ2) is 10.8. The first-order chi connectivity index (χ1) is 17.3. The summed E-state index contributed by atoms with van der Waals surface area (Å²) < 4.78 is 55.5. The zero-order valence-electron chi connectivity index (χ0n) is 19.6. The molecule has 4 aromatic carbocycles. The second-order valence-corrected chi connectivity index (χ2v) is 12.0. The Hall–Kier alpha value is -3.94. The molecule has 0 saturated carbocycles. The number of hydrogen-bond acceptors (Lipinski definition) is 5. The fourth-order valence-electron chi connectivity index (χ4n) is 3.68. The van der Waals surface area contributed by atoms with E-state index >= 15 is 0 Å². The number of sulfone groups is 2. The molecule has 0 aliphatic heterocycles. The average Bonchev–Trinajstić information content (AvgIpc) is 2.92. The van der Waals surface area contributed by atoms with Crippen molar-refractivity contribution in [1.82, 2.24) is 0 Å². The highest BCUT2D eigenvalue weighted by molar-refractivity contribution is 8.14. The molecule has 0 bridgehead atoms. The summed E-state index contributed by atoms with van der Waals surface area (Å²) in [5.41, 5.74) is 1.46. The van der Waals surface area contributed by atoms with Crippen molar-refractivity contribution in [2.24, 2.45) is 0 Å². The molecule has 0 unspecified atom stereocenters. The van der Waals surface area contributed by atoms with Gasteiger partial charge in [0.1, 0.15) is 0 Å². The van der Waals surface area contributed by atoms with Crippen LogP contribution in [-0.4, -0.2) is 23.9 Å². The first-order valence-electron chi connectivity index (χ1n) is 11.2. The van der Waals surface area contributed by atoms with E-state index in [-0.39, 0.29) is 15.5 Å². The number of anilines is 1. The number of likely N-dealkylation sites (N-methyl/N-ethyl adjacent to an activating group) is 1. The van der Waals surface area contributed by atoms with Crippen molar-refractivity contribution < 1.29 is 16.8 Å². The molecule has 7 heteroatoms. The second-order valence-electron chi connectivity index (χ2n) is 7.94. The van der Waals surface area contributed by atoms with Crippen molar-refractivity contribution in [1.29, 1.82) is 0 Å². The van der Waals surface area contributed by atoms with Gasteiger partial charge in [0.15, 0.2) is 4.24 Å². The van der Waals surface area contributed by atoms with E-state index in [4.69, 9.17) is 0 Å². The fourth-order valence-corrected chi connectivity index (χ4v) is 7.83. The molecule has 4 rings (SSSR count). The summed E-state index contributed by atoms with van der Waals surface area (Å²) in [6, 6.07) is 33.6. The van der Waals surface area contributed by atoms with Crippen LogP contribution in [0, 0.1) is 0 Å². The monoisotopic (exact) mass is 515 g/mol. The average molecular weight is 516 g/mol. The molecule has 36 heavy (non-hydrogen) atoms. The zero-order valence-corrected chi connectivity index (χ0v) is 21.2. The van der Waals surface area contributed by atoms with Crippen molar-refractivity contribution in [3.8, 4) is 0 Å². The quantitative estimate of drug-likeness (QED) is 0.271. The van der Waals surface area contributed by atoms with E-state index in [1.54, 1.807) is 84.8 Å². The van der Waals surface area contributed by atoms with Gasteiger partial charge in [-0.1, -0.05) is 91.0 Å². The van der Waals surface area contributed by atoms with Gasteiger partial charge < -0.3 is 4.90 Å². The van der Waals surface area contributed by atoms with Crippen LogP contribution in [0.2, 0.25) is 0 Å². The third-order valence-corrected chi connectivity index (χ3v) is 10.0. The molecule has 0 atom stereocenters. The molecule has 4 aromatic rings. The summed E-state index contributed by atoms with van der Waals surface area (Å²) >= 11 is 0. The van der Waals surface area contributed by atoms with Crippen LogP contribution in [0.25, 0.3) is 6.08 Å². The Morgan fingerprint density at radius 1 is 0.583 bits per heavy atom. The summed E-state index contributed by atoms with van der Waals surface area (Å²) in [6.45, 7) is 0. The highest BCUT2D eigenvalue weighted by atomic mass is 32.3. The maximum Gasteiger partial charge on any atom is 0.220 e. The van der Waals surface area contributed by atoms with Gasteiger partial charge in [0, 0.05) is 12.7 Å². The minimum atomic E-state index is -4.46. The smallest absolute Gasteiger partial charge is 0.220 e. The van der Waals surface area contributed by atoms with Gasteiger partial charge in [0.2, 0.25) is 19.7 Å². The summed E-state index contributed by atoms with van der Waals surface area (Å²) in [6.07, 6.45) is 3.24. The van der Waals surface area contributed by atoms with E-state index < -0.39 is 23.9 Å². The summed E-state index contributed by atoms with van der Waals surface area (Å²) in [7, 11) is -7.28. The van der Waals surface area contributed by atoms with Crippen molar-refractivity contribution in [3.05, 3.63) is 143 Å². The molecule has 0 saturated heterocycles. The van der Waals surface area contributed by atoms with Gasteiger partial charge in [-0.3, -0.25) is 0 Å². The molecule has 0 aromatic heterocycles. The molecule has 182 valence electrons. The molecule has 0 heterocycles. The third-order valence-electron chi connectivity index (χ3n) is 5.54. The number of nitrogens with zero attached hydrogens (tertiary/aromatic N) is 1. The molecule has 0 radical (unpaired) electrons. The van der Waals surface area contributed by atoms with E-state index in [0.717, 1.165) is 5.56 Å². The Kier molecular flexibility index (Phi) is 7.52. The Morgan fingerprint density at radius 2 is 0.972 bits per heavy atom. The zero-order chi connectivity index (χ0) is 25.6. The van der Waals surface area contributed by atoms with Crippen LogP contribution in [0.4, 0.5) is 5.69 Å². The first kappa shape index (κ1) is 25.2. The van der Waals surface area contributed by atoms with Gasteiger partial charge in [-0.05, 0) is 48.0 Å². The lowest BCUT2D eigenvalue weighted by atomic mass is 10.2. The van der Waals surface area contributed by atoms with E-state index in [0.29, 0.717) is 5.69 Å². The molecule has 0 N–H and O–H groups in total. The standard InChI is InChI=1S/C29H25NO4S2/c1-30(25-16-8-3-9-17-25)28(23-22-24-14-6-2-7-15-24)29(35(31,32)26-18-10-4-11-19-26)36(33,34)27-20-12-5-13-21-27/h2-23H,1H3/b23-22+. The van der Waals surface area contributed by atoms with Gasteiger partial charge in [-0.2, -0.15) is 0 Å². The van der Waals surface area contributed by atoms with E-state index in [2.05, 4.69) is 0 Å². The van der Waals surface area contributed by atoms with Crippen LogP contribution < -0.4 is 4.90 Å². The molecule has 0 aliphatic rings.